The van der Waals surface area contributed by atoms with Crippen LogP contribution in [0, 0.1) is 5.92 Å². The molecule has 11 nitrogen and oxygen atoms in total. The number of ether oxygens (including phenoxy) is 1. The highest BCUT2D eigenvalue weighted by molar-refractivity contribution is 6.10. The normalized spacial score (nSPS) is 13.7. The smallest absolute Gasteiger partial charge is 0.405 e. The van der Waals surface area contributed by atoms with Gasteiger partial charge in [0.2, 0.25) is 17.6 Å². The van der Waals surface area contributed by atoms with Crippen molar-refractivity contribution >= 4 is 29.4 Å². The van der Waals surface area contributed by atoms with Gasteiger partial charge in [-0.1, -0.05) is 44.2 Å². The Labute approximate surface area is 248 Å². The van der Waals surface area contributed by atoms with Gasteiger partial charge in [-0.15, -0.1) is 0 Å². The summed E-state index contributed by atoms with van der Waals surface area (Å²) in [7, 11) is 1.35. The standard InChI is InChI=1S/C28H31F5N4O7/c1-15(2)20(22(39)28(32,33)26(43)34-14-27(29,30)31)36-25(42)21(16-9-11-18(44-3)12-10-16)37-24(41)19(13-38)35-23(40)17-7-5-4-6-8-17/h4-12,15,19-21,38H,13-14H2,1-3H3,(H,34,43)(H,35,40)(H,36,42)(H,37,41). The van der Waals surface area contributed by atoms with Crippen LogP contribution in [0.3, 0.4) is 0 Å². The van der Waals surface area contributed by atoms with E-state index >= 15 is 0 Å². The summed E-state index contributed by atoms with van der Waals surface area (Å²) in [4.78, 5) is 63.5. The summed E-state index contributed by atoms with van der Waals surface area (Å²) in [6, 6.07) is 7.69. The molecule has 44 heavy (non-hydrogen) atoms. The number of amides is 4. The van der Waals surface area contributed by atoms with Crippen molar-refractivity contribution in [3.05, 3.63) is 65.7 Å². The maximum Gasteiger partial charge on any atom is 0.405 e. The lowest BCUT2D eigenvalue weighted by Crippen LogP contribution is -2.58. The van der Waals surface area contributed by atoms with Gasteiger partial charge in [-0.25, -0.2) is 0 Å². The lowest BCUT2D eigenvalue weighted by Gasteiger charge is -2.28. The van der Waals surface area contributed by atoms with E-state index in [2.05, 4.69) is 10.6 Å². The van der Waals surface area contributed by atoms with Crippen molar-refractivity contribution in [2.24, 2.45) is 5.92 Å². The van der Waals surface area contributed by atoms with E-state index in [4.69, 9.17) is 4.74 Å². The third-order valence-electron chi connectivity index (χ3n) is 6.13. The summed E-state index contributed by atoms with van der Waals surface area (Å²) < 4.78 is 71.6. The summed E-state index contributed by atoms with van der Waals surface area (Å²) in [5.41, 5.74) is 0.203. The Bertz CT molecular complexity index is 1320. The zero-order valence-electron chi connectivity index (χ0n) is 23.7. The van der Waals surface area contributed by atoms with Gasteiger partial charge < -0.3 is 31.1 Å². The topological polar surface area (TPSA) is 163 Å². The second kappa shape index (κ2) is 15.2. The molecule has 0 aromatic heterocycles. The molecule has 0 bridgehead atoms. The first-order valence-corrected chi connectivity index (χ1v) is 13.0. The molecule has 240 valence electrons. The number of carbonyl (C=O) groups is 5. The van der Waals surface area contributed by atoms with Gasteiger partial charge in [-0.05, 0) is 35.7 Å². The summed E-state index contributed by atoms with van der Waals surface area (Å²) in [6.07, 6.45) is -5.03. The average molecular weight is 631 g/mol. The van der Waals surface area contributed by atoms with Crippen LogP contribution in [0.2, 0.25) is 0 Å². The Balaban J connectivity index is 2.34. The molecule has 0 heterocycles. The van der Waals surface area contributed by atoms with E-state index in [1.807, 2.05) is 5.32 Å². The molecule has 2 rings (SSSR count). The van der Waals surface area contributed by atoms with Crippen molar-refractivity contribution in [1.29, 1.82) is 0 Å². The van der Waals surface area contributed by atoms with Crippen molar-refractivity contribution in [3.63, 3.8) is 0 Å². The zero-order chi connectivity index (χ0) is 33.2. The summed E-state index contributed by atoms with van der Waals surface area (Å²) in [6.45, 7) is -0.567. The third kappa shape index (κ3) is 9.72. The van der Waals surface area contributed by atoms with Crippen LogP contribution < -0.4 is 26.0 Å². The highest BCUT2D eigenvalue weighted by Crippen LogP contribution is 2.24. The molecule has 2 aromatic rings. The Morgan fingerprint density at radius 1 is 0.841 bits per heavy atom. The lowest BCUT2D eigenvalue weighted by atomic mass is 9.94. The number of hydrogen-bond acceptors (Lipinski definition) is 7. The molecular formula is C28H31F5N4O7. The van der Waals surface area contributed by atoms with Gasteiger partial charge >= 0.3 is 12.1 Å². The van der Waals surface area contributed by atoms with Crippen LogP contribution in [0.15, 0.2) is 54.6 Å². The molecular weight excluding hydrogens is 599 g/mol. The molecule has 0 aliphatic heterocycles. The molecule has 0 aliphatic rings. The van der Waals surface area contributed by atoms with Crippen LogP contribution in [0.1, 0.15) is 35.8 Å². The fourth-order valence-corrected chi connectivity index (χ4v) is 3.73. The largest absolute Gasteiger partial charge is 0.497 e. The van der Waals surface area contributed by atoms with Gasteiger partial charge in [0.25, 0.3) is 11.8 Å². The molecule has 0 saturated heterocycles. The van der Waals surface area contributed by atoms with E-state index < -0.39 is 78.7 Å². The minimum absolute atomic E-state index is 0.0485. The highest BCUT2D eigenvalue weighted by atomic mass is 19.4. The average Bonchev–Trinajstić information content (AvgIpc) is 2.99. The molecule has 3 atom stereocenters. The Kier molecular flexibility index (Phi) is 12.3. The molecule has 3 unspecified atom stereocenters. The maximum absolute atomic E-state index is 14.6. The molecule has 0 aliphatic carbocycles. The van der Waals surface area contributed by atoms with E-state index in [1.54, 1.807) is 18.2 Å². The number of rotatable bonds is 14. The number of halogens is 5. The predicted molar refractivity (Wildman–Crippen MR) is 144 cm³/mol. The highest BCUT2D eigenvalue weighted by Gasteiger charge is 2.52. The van der Waals surface area contributed by atoms with Crippen LogP contribution in [0.4, 0.5) is 22.0 Å². The second-order valence-electron chi connectivity index (χ2n) is 9.76. The first-order valence-electron chi connectivity index (χ1n) is 13.0. The number of nitrogens with one attached hydrogen (secondary N) is 4. The molecule has 16 heteroatoms. The number of aliphatic hydroxyl groups is 1. The Hall–Kier alpha value is -4.60. The van der Waals surface area contributed by atoms with Crippen LogP contribution in [0.25, 0.3) is 0 Å². The third-order valence-corrected chi connectivity index (χ3v) is 6.13. The lowest BCUT2D eigenvalue weighted by molar-refractivity contribution is -0.165. The van der Waals surface area contributed by atoms with E-state index in [0.29, 0.717) is 5.75 Å². The van der Waals surface area contributed by atoms with Gasteiger partial charge in [0.15, 0.2) is 0 Å². The van der Waals surface area contributed by atoms with Crippen LogP contribution in [-0.4, -0.2) is 79.0 Å². The SMILES string of the molecule is COc1ccc(C(NC(=O)C(CO)NC(=O)c2ccccc2)C(=O)NC(C(=O)C(F)(F)C(=O)NCC(F)(F)F)C(C)C)cc1. The minimum Gasteiger partial charge on any atom is -0.497 e. The molecule has 0 fully saturated rings. The van der Waals surface area contributed by atoms with E-state index in [1.165, 1.54) is 57.4 Å². The first kappa shape index (κ1) is 35.6. The van der Waals surface area contributed by atoms with Crippen LogP contribution >= 0.6 is 0 Å². The summed E-state index contributed by atoms with van der Waals surface area (Å²) in [5, 5.41) is 17.4. The molecule has 0 radical (unpaired) electrons. The van der Waals surface area contributed by atoms with Gasteiger partial charge in [0.05, 0.1) is 19.8 Å². The van der Waals surface area contributed by atoms with E-state index in [0.717, 1.165) is 5.32 Å². The van der Waals surface area contributed by atoms with Crippen molar-refractivity contribution in [1.82, 2.24) is 21.3 Å². The Morgan fingerprint density at radius 2 is 1.43 bits per heavy atom. The van der Waals surface area contributed by atoms with E-state index in [-0.39, 0.29) is 11.1 Å². The molecule has 0 saturated carbocycles. The number of hydrogen-bond donors (Lipinski definition) is 5. The van der Waals surface area contributed by atoms with Gasteiger partial charge in [-0.3, -0.25) is 24.0 Å². The molecule has 0 spiro atoms. The number of benzene rings is 2. The second-order valence-corrected chi connectivity index (χ2v) is 9.76. The molecule has 5 N–H and O–H groups in total. The van der Waals surface area contributed by atoms with Gasteiger partial charge in [0.1, 0.15) is 24.4 Å². The van der Waals surface area contributed by atoms with Gasteiger partial charge in [-0.2, -0.15) is 22.0 Å². The number of aliphatic hydroxyl groups excluding tert-OH is 1. The van der Waals surface area contributed by atoms with Crippen molar-refractivity contribution < 1.29 is 55.8 Å². The van der Waals surface area contributed by atoms with Gasteiger partial charge in [0, 0.05) is 5.56 Å². The van der Waals surface area contributed by atoms with Crippen molar-refractivity contribution in [2.75, 3.05) is 20.3 Å². The van der Waals surface area contributed by atoms with Crippen molar-refractivity contribution in [3.8, 4) is 5.75 Å². The fraction of sp³-hybridized carbons (Fsp3) is 0.393. The fourth-order valence-electron chi connectivity index (χ4n) is 3.73. The van der Waals surface area contributed by atoms with Crippen LogP contribution in [-0.2, 0) is 19.2 Å². The minimum atomic E-state index is -5.03. The number of carbonyl (C=O) groups excluding carboxylic acids is 5. The maximum atomic E-state index is 14.6. The summed E-state index contributed by atoms with van der Waals surface area (Å²) in [5.74, 6) is -13.5. The van der Waals surface area contributed by atoms with Crippen molar-refractivity contribution in [2.45, 2.75) is 44.1 Å². The quantitative estimate of drug-likeness (QED) is 0.157. The van der Waals surface area contributed by atoms with Crippen LogP contribution in [0.5, 0.6) is 5.75 Å². The van der Waals surface area contributed by atoms with E-state index in [9.17, 15) is 51.0 Å². The number of methoxy groups -OCH3 is 1. The summed E-state index contributed by atoms with van der Waals surface area (Å²) >= 11 is 0. The predicted octanol–water partition coefficient (Wildman–Crippen LogP) is 1.67. The zero-order valence-corrected chi connectivity index (χ0v) is 23.7. The molecule has 4 amide bonds. The number of ketones is 1. The molecule has 2 aromatic carbocycles. The number of alkyl halides is 5. The Morgan fingerprint density at radius 3 is 1.93 bits per heavy atom. The number of Topliss-reactive ketones (excluding diaryl/α,β-unsaturated/α-hetero) is 1. The first-order chi connectivity index (χ1) is 20.5. The monoisotopic (exact) mass is 630 g/mol.